The van der Waals surface area contributed by atoms with E-state index in [4.69, 9.17) is 24.5 Å². The molecule has 0 aliphatic heterocycles. The van der Waals surface area contributed by atoms with E-state index in [9.17, 15) is 0 Å². The summed E-state index contributed by atoms with van der Waals surface area (Å²) in [5.41, 5.74) is 2.78. The highest BCUT2D eigenvalue weighted by Crippen LogP contribution is 2.27. The number of carbonyl (C=O) groups is 2. The van der Waals surface area contributed by atoms with Crippen molar-refractivity contribution < 1.29 is 24.5 Å². The fraction of sp³-hybridized carbons (Fsp3) is 0.500. The van der Waals surface area contributed by atoms with E-state index in [1.165, 1.54) is 11.1 Å². The Labute approximate surface area is 155 Å². The number of carboxylic acids is 2. The molecule has 6 nitrogen and oxygen atoms in total. The molecule has 0 heterocycles. The summed E-state index contributed by atoms with van der Waals surface area (Å²) in [7, 11) is 0. The van der Waals surface area contributed by atoms with Crippen molar-refractivity contribution in [2.45, 2.75) is 46.0 Å². The minimum atomic E-state index is -1.82. The highest BCUT2D eigenvalue weighted by Gasteiger charge is 2.14. The third-order valence-electron chi connectivity index (χ3n) is 3.52. The zero-order valence-corrected chi connectivity index (χ0v) is 16.2. The first-order valence-electron chi connectivity index (χ1n) is 8.61. The van der Waals surface area contributed by atoms with E-state index in [2.05, 4.69) is 57.8 Å². The van der Waals surface area contributed by atoms with Gasteiger partial charge in [-0.2, -0.15) is 0 Å². The largest absolute Gasteiger partial charge is 0.493 e. The Balaban J connectivity index is 0.000000896. The fourth-order valence-corrected chi connectivity index (χ4v) is 2.02. The maximum atomic E-state index is 9.10. The molecule has 0 saturated heterocycles. The van der Waals surface area contributed by atoms with Crippen molar-refractivity contribution in [3.05, 3.63) is 42.0 Å². The molecule has 26 heavy (non-hydrogen) atoms. The number of ether oxygens (including phenoxy) is 1. The van der Waals surface area contributed by atoms with Gasteiger partial charge in [0.05, 0.1) is 6.61 Å². The standard InChI is InChI=1S/C18H29NO.C2H2O4/c1-6-11-19-12-7-8-13-20-17-10-9-16(14-15(17)2)18(3,4)5;3-1(4)2(5)6/h6,9-10,14,19H,1,7-8,11-13H2,2-5H3;(H,3,4)(H,5,6). The van der Waals surface area contributed by atoms with Gasteiger partial charge in [0.15, 0.2) is 0 Å². The highest BCUT2D eigenvalue weighted by molar-refractivity contribution is 6.27. The second kappa shape index (κ2) is 12.1. The zero-order valence-electron chi connectivity index (χ0n) is 16.2. The molecule has 146 valence electrons. The van der Waals surface area contributed by atoms with Crippen LogP contribution in [0.3, 0.4) is 0 Å². The van der Waals surface area contributed by atoms with Crippen LogP contribution in [0.15, 0.2) is 30.9 Å². The summed E-state index contributed by atoms with van der Waals surface area (Å²) in [6, 6.07) is 6.51. The van der Waals surface area contributed by atoms with Crippen molar-refractivity contribution in [1.29, 1.82) is 0 Å². The zero-order chi connectivity index (χ0) is 20.2. The highest BCUT2D eigenvalue weighted by atomic mass is 16.5. The number of unbranched alkanes of at least 4 members (excludes halogenated alkanes) is 1. The number of nitrogens with one attached hydrogen (secondary N) is 1. The van der Waals surface area contributed by atoms with Crippen LogP contribution in [0.4, 0.5) is 0 Å². The van der Waals surface area contributed by atoms with Crippen LogP contribution in [-0.2, 0) is 15.0 Å². The van der Waals surface area contributed by atoms with Gasteiger partial charge in [-0.25, -0.2) is 9.59 Å². The first kappa shape index (κ1) is 23.7. The van der Waals surface area contributed by atoms with Crippen molar-refractivity contribution in [3.8, 4) is 5.75 Å². The van der Waals surface area contributed by atoms with Gasteiger partial charge in [-0.05, 0) is 48.9 Å². The van der Waals surface area contributed by atoms with Crippen LogP contribution in [0.5, 0.6) is 5.75 Å². The predicted molar refractivity (Wildman–Crippen MR) is 103 cm³/mol. The van der Waals surface area contributed by atoms with Gasteiger partial charge in [0.1, 0.15) is 5.75 Å². The van der Waals surface area contributed by atoms with E-state index in [1.807, 2.05) is 6.08 Å². The number of aryl methyl sites for hydroxylation is 1. The lowest BCUT2D eigenvalue weighted by Crippen LogP contribution is -2.15. The number of hydrogen-bond acceptors (Lipinski definition) is 4. The van der Waals surface area contributed by atoms with Crippen molar-refractivity contribution in [2.75, 3.05) is 19.7 Å². The van der Waals surface area contributed by atoms with Gasteiger partial charge in [-0.15, -0.1) is 6.58 Å². The average Bonchev–Trinajstić information content (AvgIpc) is 2.54. The normalized spacial score (nSPS) is 10.5. The van der Waals surface area contributed by atoms with E-state index in [0.717, 1.165) is 38.3 Å². The SMILES string of the molecule is C=CCNCCCCOc1ccc(C(C)(C)C)cc1C.O=C(O)C(=O)O. The smallest absolute Gasteiger partial charge is 0.414 e. The molecule has 0 aliphatic carbocycles. The van der Waals surface area contributed by atoms with Gasteiger partial charge in [0, 0.05) is 6.54 Å². The second-order valence-electron chi connectivity index (χ2n) is 6.89. The van der Waals surface area contributed by atoms with E-state index < -0.39 is 11.9 Å². The van der Waals surface area contributed by atoms with Gasteiger partial charge in [-0.1, -0.05) is 39.0 Å². The van der Waals surface area contributed by atoms with Crippen molar-refractivity contribution in [1.82, 2.24) is 5.32 Å². The Hall–Kier alpha value is -2.34. The van der Waals surface area contributed by atoms with Gasteiger partial charge in [0.2, 0.25) is 0 Å². The molecule has 0 radical (unpaired) electrons. The van der Waals surface area contributed by atoms with Gasteiger partial charge in [-0.3, -0.25) is 0 Å². The molecule has 1 rings (SSSR count). The summed E-state index contributed by atoms with van der Waals surface area (Å²) in [4.78, 5) is 18.2. The lowest BCUT2D eigenvalue weighted by atomic mass is 9.86. The summed E-state index contributed by atoms with van der Waals surface area (Å²) < 4.78 is 5.86. The van der Waals surface area contributed by atoms with Crippen LogP contribution in [0.2, 0.25) is 0 Å². The fourth-order valence-electron chi connectivity index (χ4n) is 2.02. The van der Waals surface area contributed by atoms with E-state index in [1.54, 1.807) is 0 Å². The van der Waals surface area contributed by atoms with Gasteiger partial charge in [0.25, 0.3) is 0 Å². The van der Waals surface area contributed by atoms with Crippen molar-refractivity contribution in [2.24, 2.45) is 0 Å². The molecule has 0 saturated carbocycles. The van der Waals surface area contributed by atoms with Gasteiger partial charge >= 0.3 is 11.9 Å². The third kappa shape index (κ3) is 10.5. The van der Waals surface area contributed by atoms with Crippen LogP contribution in [0.25, 0.3) is 0 Å². The number of benzene rings is 1. The summed E-state index contributed by atoms with van der Waals surface area (Å²) in [6.45, 7) is 15.2. The predicted octanol–water partition coefficient (Wildman–Crippen LogP) is 3.38. The lowest BCUT2D eigenvalue weighted by molar-refractivity contribution is -0.159. The Morgan fingerprint density at radius 1 is 1.19 bits per heavy atom. The van der Waals surface area contributed by atoms with Crippen molar-refractivity contribution >= 4 is 11.9 Å². The lowest BCUT2D eigenvalue weighted by Gasteiger charge is -2.20. The van der Waals surface area contributed by atoms with Crippen molar-refractivity contribution in [3.63, 3.8) is 0 Å². The first-order chi connectivity index (χ1) is 12.1. The first-order valence-corrected chi connectivity index (χ1v) is 8.61. The number of hydrogen-bond donors (Lipinski definition) is 3. The minimum absolute atomic E-state index is 0.195. The summed E-state index contributed by atoms with van der Waals surface area (Å²) in [5.74, 6) is -2.64. The molecular weight excluding hydrogens is 334 g/mol. The van der Waals surface area contributed by atoms with Crippen LogP contribution < -0.4 is 10.1 Å². The molecule has 0 aromatic heterocycles. The van der Waals surface area contributed by atoms with E-state index in [0.29, 0.717) is 0 Å². The molecular formula is C20H31NO5. The third-order valence-corrected chi connectivity index (χ3v) is 3.52. The topological polar surface area (TPSA) is 95.9 Å². The maximum absolute atomic E-state index is 9.10. The van der Waals surface area contributed by atoms with Crippen LogP contribution in [0, 0.1) is 6.92 Å². The molecule has 0 spiro atoms. The van der Waals surface area contributed by atoms with E-state index in [-0.39, 0.29) is 5.41 Å². The number of carboxylic acid groups (broad SMARTS) is 2. The average molecular weight is 365 g/mol. The van der Waals surface area contributed by atoms with Crippen LogP contribution in [0.1, 0.15) is 44.7 Å². The summed E-state index contributed by atoms with van der Waals surface area (Å²) >= 11 is 0. The van der Waals surface area contributed by atoms with Gasteiger partial charge < -0.3 is 20.3 Å². The molecule has 6 heteroatoms. The molecule has 0 amide bonds. The summed E-state index contributed by atoms with van der Waals surface area (Å²) in [6.07, 6.45) is 4.09. The Morgan fingerprint density at radius 3 is 2.27 bits per heavy atom. The van der Waals surface area contributed by atoms with E-state index >= 15 is 0 Å². The second-order valence-corrected chi connectivity index (χ2v) is 6.89. The summed E-state index contributed by atoms with van der Waals surface area (Å²) in [5, 5.41) is 18.1. The quantitative estimate of drug-likeness (QED) is 0.371. The Morgan fingerprint density at radius 2 is 1.81 bits per heavy atom. The maximum Gasteiger partial charge on any atom is 0.414 e. The molecule has 1 aromatic rings. The Bertz CT molecular complexity index is 578. The molecule has 0 fully saturated rings. The number of aliphatic carboxylic acids is 2. The molecule has 3 N–H and O–H groups in total. The van der Waals surface area contributed by atoms with Crippen LogP contribution >= 0.6 is 0 Å². The molecule has 0 aliphatic rings. The molecule has 0 atom stereocenters. The minimum Gasteiger partial charge on any atom is -0.493 e. The number of rotatable bonds is 8. The molecule has 0 unspecified atom stereocenters. The molecule has 1 aromatic carbocycles. The molecule has 0 bridgehead atoms. The monoisotopic (exact) mass is 365 g/mol. The Kier molecular flexibility index (Phi) is 11.0. The van der Waals surface area contributed by atoms with Crippen LogP contribution in [-0.4, -0.2) is 41.8 Å².